The number of hydrogen-bond donors (Lipinski definition) is 1. The summed E-state index contributed by atoms with van der Waals surface area (Å²) in [5, 5.41) is 9.16. The van der Waals surface area contributed by atoms with E-state index in [0.29, 0.717) is 10.2 Å². The fourth-order valence-corrected chi connectivity index (χ4v) is 3.01. The van der Waals surface area contributed by atoms with E-state index in [1.807, 2.05) is 0 Å². The number of aryl methyl sites for hydroxylation is 1. The van der Waals surface area contributed by atoms with Gasteiger partial charge in [-0.15, -0.1) is 0 Å². The lowest BCUT2D eigenvalue weighted by molar-refractivity contribution is -0.145. The van der Waals surface area contributed by atoms with Crippen LogP contribution in [0.15, 0.2) is 16.6 Å². The number of carbonyl (C=O) groups is 3. The molecule has 0 radical (unpaired) electrons. The molecule has 1 heterocycles. The number of carboxylic acid groups (broad SMARTS) is 1. The lowest BCUT2D eigenvalue weighted by Gasteiger charge is -2.20. The topological polar surface area (TPSA) is 83.9 Å². The van der Waals surface area contributed by atoms with Crippen LogP contribution in [0.5, 0.6) is 0 Å². The number of esters is 1. The number of methoxy groups -OCH3 is 1. The predicted octanol–water partition coefficient (Wildman–Crippen LogP) is 1.98. The fraction of sp³-hybridized carbons (Fsp3) is 0.357. The van der Waals surface area contributed by atoms with Crippen LogP contribution in [0.2, 0.25) is 0 Å². The molecule has 7 heteroatoms. The van der Waals surface area contributed by atoms with Crippen molar-refractivity contribution in [3.63, 3.8) is 0 Å². The van der Waals surface area contributed by atoms with Gasteiger partial charge in [0.05, 0.1) is 18.6 Å². The molecule has 0 aliphatic carbocycles. The van der Waals surface area contributed by atoms with E-state index in [2.05, 4.69) is 20.7 Å². The van der Waals surface area contributed by atoms with Crippen LogP contribution in [0.25, 0.3) is 0 Å². The second-order valence-corrected chi connectivity index (χ2v) is 5.71. The molecule has 1 saturated heterocycles. The number of rotatable bonds is 3. The summed E-state index contributed by atoms with van der Waals surface area (Å²) < 4.78 is 5.11. The van der Waals surface area contributed by atoms with Gasteiger partial charge < -0.3 is 14.7 Å². The maximum atomic E-state index is 12.1. The molecule has 1 unspecified atom stereocenters. The van der Waals surface area contributed by atoms with Crippen molar-refractivity contribution in [2.75, 3.05) is 18.6 Å². The number of carboxylic acids is 1. The molecule has 1 aromatic rings. The SMILES string of the molecule is COC(=O)C1CC(=O)N(c2cc(C(=O)O)c(Br)cc2C)C1. The number of aromatic carboxylic acids is 1. The first-order chi connectivity index (χ1) is 9.85. The quantitative estimate of drug-likeness (QED) is 0.838. The molecule has 0 saturated carbocycles. The van der Waals surface area contributed by atoms with Crippen molar-refractivity contribution in [1.82, 2.24) is 0 Å². The van der Waals surface area contributed by atoms with Gasteiger partial charge in [0, 0.05) is 23.1 Å². The molecular formula is C14H14BrNO5. The highest BCUT2D eigenvalue weighted by Gasteiger charge is 2.36. The zero-order chi connectivity index (χ0) is 15.7. The van der Waals surface area contributed by atoms with Crippen molar-refractivity contribution in [3.05, 3.63) is 27.7 Å². The Morgan fingerprint density at radius 2 is 2.10 bits per heavy atom. The smallest absolute Gasteiger partial charge is 0.336 e. The number of anilines is 1. The monoisotopic (exact) mass is 355 g/mol. The summed E-state index contributed by atoms with van der Waals surface area (Å²) in [6, 6.07) is 3.09. The van der Waals surface area contributed by atoms with E-state index < -0.39 is 17.9 Å². The molecular weight excluding hydrogens is 342 g/mol. The molecule has 1 N–H and O–H groups in total. The average Bonchev–Trinajstić information content (AvgIpc) is 2.79. The zero-order valence-electron chi connectivity index (χ0n) is 11.6. The first kappa shape index (κ1) is 15.5. The zero-order valence-corrected chi connectivity index (χ0v) is 13.1. The molecule has 6 nitrogen and oxygen atoms in total. The van der Waals surface area contributed by atoms with Gasteiger partial charge in [-0.3, -0.25) is 9.59 Å². The molecule has 0 bridgehead atoms. The third-order valence-electron chi connectivity index (χ3n) is 3.47. The summed E-state index contributed by atoms with van der Waals surface area (Å²) in [6.45, 7) is 1.98. The van der Waals surface area contributed by atoms with Gasteiger partial charge in [-0.2, -0.15) is 0 Å². The molecule has 1 fully saturated rings. The highest BCUT2D eigenvalue weighted by atomic mass is 79.9. The van der Waals surface area contributed by atoms with Crippen LogP contribution >= 0.6 is 15.9 Å². The van der Waals surface area contributed by atoms with Crippen LogP contribution in [-0.4, -0.2) is 36.6 Å². The van der Waals surface area contributed by atoms with Crippen molar-refractivity contribution >= 4 is 39.5 Å². The molecule has 21 heavy (non-hydrogen) atoms. The number of hydrogen-bond acceptors (Lipinski definition) is 4. The van der Waals surface area contributed by atoms with Gasteiger partial charge in [0.15, 0.2) is 0 Å². The van der Waals surface area contributed by atoms with Gasteiger partial charge in [-0.25, -0.2) is 4.79 Å². The van der Waals surface area contributed by atoms with E-state index in [1.54, 1.807) is 13.0 Å². The predicted molar refractivity (Wildman–Crippen MR) is 78.3 cm³/mol. The summed E-state index contributed by atoms with van der Waals surface area (Å²) in [5.74, 6) is -2.25. The van der Waals surface area contributed by atoms with E-state index >= 15 is 0 Å². The third kappa shape index (κ3) is 2.92. The number of benzene rings is 1. The Hall–Kier alpha value is -1.89. The van der Waals surface area contributed by atoms with Crippen LogP contribution in [0.4, 0.5) is 5.69 Å². The maximum absolute atomic E-state index is 12.1. The molecule has 1 aromatic carbocycles. The Bertz CT molecular complexity index is 628. The highest BCUT2D eigenvalue weighted by molar-refractivity contribution is 9.10. The Balaban J connectivity index is 2.38. The summed E-state index contributed by atoms with van der Waals surface area (Å²) in [6.07, 6.45) is 0.0740. The van der Waals surface area contributed by atoms with Crippen LogP contribution in [-0.2, 0) is 14.3 Å². The van der Waals surface area contributed by atoms with Crippen molar-refractivity contribution < 1.29 is 24.2 Å². The van der Waals surface area contributed by atoms with Gasteiger partial charge in [0.2, 0.25) is 5.91 Å². The Morgan fingerprint density at radius 3 is 2.67 bits per heavy atom. The average molecular weight is 356 g/mol. The first-order valence-electron chi connectivity index (χ1n) is 6.26. The minimum Gasteiger partial charge on any atom is -0.478 e. The summed E-state index contributed by atoms with van der Waals surface area (Å²) in [5.41, 5.74) is 1.34. The Labute approximate surface area is 129 Å². The lowest BCUT2D eigenvalue weighted by Crippen LogP contribution is -2.27. The fourth-order valence-electron chi connectivity index (χ4n) is 2.38. The third-order valence-corrected chi connectivity index (χ3v) is 4.12. The van der Waals surface area contributed by atoms with Crippen LogP contribution in [0.3, 0.4) is 0 Å². The molecule has 1 aliphatic rings. The Kier molecular flexibility index (Phi) is 4.32. The molecule has 112 valence electrons. The van der Waals surface area contributed by atoms with Gasteiger partial charge in [0.1, 0.15) is 0 Å². The number of carbonyl (C=O) groups excluding carboxylic acids is 2. The molecule has 0 spiro atoms. The largest absolute Gasteiger partial charge is 0.478 e. The number of nitrogens with zero attached hydrogens (tertiary/aromatic N) is 1. The van der Waals surface area contributed by atoms with Crippen molar-refractivity contribution in [1.29, 1.82) is 0 Å². The van der Waals surface area contributed by atoms with E-state index in [-0.39, 0.29) is 24.4 Å². The summed E-state index contributed by atoms with van der Waals surface area (Å²) in [4.78, 5) is 36.3. The van der Waals surface area contributed by atoms with Gasteiger partial charge in [0.25, 0.3) is 0 Å². The summed E-state index contributed by atoms with van der Waals surface area (Å²) in [7, 11) is 1.28. The second kappa shape index (κ2) is 5.85. The molecule has 2 rings (SSSR count). The van der Waals surface area contributed by atoms with Crippen molar-refractivity contribution in [2.45, 2.75) is 13.3 Å². The highest BCUT2D eigenvalue weighted by Crippen LogP contribution is 2.32. The van der Waals surface area contributed by atoms with E-state index in [0.717, 1.165) is 5.56 Å². The van der Waals surface area contributed by atoms with Crippen molar-refractivity contribution in [2.24, 2.45) is 5.92 Å². The minimum absolute atomic E-state index is 0.0740. The molecule has 1 aliphatic heterocycles. The first-order valence-corrected chi connectivity index (χ1v) is 7.06. The van der Waals surface area contributed by atoms with Crippen LogP contribution in [0, 0.1) is 12.8 Å². The number of ether oxygens (including phenoxy) is 1. The normalized spacial score (nSPS) is 18.0. The summed E-state index contributed by atoms with van der Waals surface area (Å²) >= 11 is 3.19. The van der Waals surface area contributed by atoms with Gasteiger partial charge >= 0.3 is 11.9 Å². The molecule has 0 aromatic heterocycles. The Morgan fingerprint density at radius 1 is 1.43 bits per heavy atom. The van der Waals surface area contributed by atoms with Gasteiger partial charge in [-0.05, 0) is 40.5 Å². The van der Waals surface area contributed by atoms with Crippen LogP contribution in [0.1, 0.15) is 22.3 Å². The molecule has 1 atom stereocenters. The van der Waals surface area contributed by atoms with E-state index in [1.165, 1.54) is 18.1 Å². The minimum atomic E-state index is -1.08. The maximum Gasteiger partial charge on any atom is 0.336 e. The van der Waals surface area contributed by atoms with E-state index in [9.17, 15) is 14.4 Å². The second-order valence-electron chi connectivity index (χ2n) is 4.85. The number of halogens is 1. The van der Waals surface area contributed by atoms with Gasteiger partial charge in [-0.1, -0.05) is 0 Å². The number of amides is 1. The van der Waals surface area contributed by atoms with E-state index in [4.69, 9.17) is 5.11 Å². The lowest BCUT2D eigenvalue weighted by atomic mass is 10.1. The van der Waals surface area contributed by atoms with Crippen LogP contribution < -0.4 is 4.90 Å². The van der Waals surface area contributed by atoms with Crippen molar-refractivity contribution in [3.8, 4) is 0 Å². The standard InChI is InChI=1S/C14H14BrNO5/c1-7-3-10(15)9(13(18)19)5-11(7)16-6-8(4-12(16)17)14(20)21-2/h3,5,8H,4,6H2,1-2H3,(H,18,19). The molecule has 1 amide bonds.